The first-order chi connectivity index (χ1) is 9.58. The van der Waals surface area contributed by atoms with Crippen LogP contribution in [0.2, 0.25) is 0 Å². The van der Waals surface area contributed by atoms with Crippen molar-refractivity contribution < 1.29 is 0 Å². The highest BCUT2D eigenvalue weighted by Gasteiger charge is 2.23. The average molecular weight is 275 g/mol. The first-order valence-electron chi connectivity index (χ1n) is 7.77. The molecule has 1 aromatic carbocycles. The van der Waals surface area contributed by atoms with Gasteiger partial charge < -0.3 is 15.5 Å². The van der Waals surface area contributed by atoms with Gasteiger partial charge in [0.15, 0.2) is 0 Å². The zero-order chi connectivity index (χ0) is 14.5. The van der Waals surface area contributed by atoms with Crippen LogP contribution in [0.5, 0.6) is 0 Å². The van der Waals surface area contributed by atoms with Crippen LogP contribution in [0.1, 0.15) is 31.4 Å². The number of nitrogens with zero attached hydrogens (tertiary/aromatic N) is 2. The Labute approximate surface area is 123 Å². The Kier molecular flexibility index (Phi) is 5.58. The third kappa shape index (κ3) is 4.05. The van der Waals surface area contributed by atoms with Crippen molar-refractivity contribution in [2.75, 3.05) is 33.7 Å². The molecule has 2 rings (SSSR count). The van der Waals surface area contributed by atoms with E-state index in [0.29, 0.717) is 5.92 Å². The molecule has 3 nitrogen and oxygen atoms in total. The van der Waals surface area contributed by atoms with Crippen LogP contribution >= 0.6 is 0 Å². The van der Waals surface area contributed by atoms with Crippen LogP contribution in [0.4, 0.5) is 0 Å². The van der Waals surface area contributed by atoms with Crippen molar-refractivity contribution in [3.63, 3.8) is 0 Å². The number of likely N-dealkylation sites (tertiary alicyclic amines) is 1. The summed E-state index contributed by atoms with van der Waals surface area (Å²) in [4.78, 5) is 4.93. The van der Waals surface area contributed by atoms with Crippen molar-refractivity contribution in [3.8, 4) is 0 Å². The highest BCUT2D eigenvalue weighted by Crippen LogP contribution is 2.22. The fourth-order valence-corrected chi connectivity index (χ4v) is 3.16. The lowest BCUT2D eigenvalue weighted by Crippen LogP contribution is -2.44. The first kappa shape index (κ1) is 15.5. The summed E-state index contributed by atoms with van der Waals surface area (Å²) < 4.78 is 0. The molecular weight excluding hydrogens is 246 g/mol. The van der Waals surface area contributed by atoms with Gasteiger partial charge in [0.2, 0.25) is 0 Å². The zero-order valence-corrected chi connectivity index (χ0v) is 13.1. The number of rotatable bonds is 5. The van der Waals surface area contributed by atoms with Crippen molar-refractivity contribution >= 4 is 0 Å². The van der Waals surface area contributed by atoms with Crippen molar-refractivity contribution in [2.45, 2.75) is 31.8 Å². The second-order valence-corrected chi connectivity index (χ2v) is 6.39. The average Bonchev–Trinajstić information content (AvgIpc) is 2.48. The molecule has 112 valence electrons. The Hall–Kier alpha value is -0.900. The molecule has 1 aliphatic rings. The van der Waals surface area contributed by atoms with Crippen molar-refractivity contribution in [2.24, 2.45) is 11.7 Å². The molecule has 0 radical (unpaired) electrons. The van der Waals surface area contributed by atoms with Gasteiger partial charge in [-0.1, -0.05) is 37.3 Å². The third-order valence-corrected chi connectivity index (χ3v) is 4.68. The van der Waals surface area contributed by atoms with E-state index in [0.717, 1.165) is 12.6 Å². The number of piperidine rings is 1. The molecule has 0 bridgehead atoms. The molecule has 20 heavy (non-hydrogen) atoms. The van der Waals surface area contributed by atoms with E-state index in [1.807, 2.05) is 6.07 Å². The van der Waals surface area contributed by atoms with Gasteiger partial charge in [0, 0.05) is 18.6 Å². The Morgan fingerprint density at radius 3 is 2.45 bits per heavy atom. The lowest BCUT2D eigenvalue weighted by Gasteiger charge is -2.37. The van der Waals surface area contributed by atoms with E-state index in [1.54, 1.807) is 0 Å². The van der Waals surface area contributed by atoms with E-state index >= 15 is 0 Å². The summed E-state index contributed by atoms with van der Waals surface area (Å²) in [6.07, 6.45) is 2.56. The highest BCUT2D eigenvalue weighted by molar-refractivity contribution is 5.19. The maximum Gasteiger partial charge on any atom is 0.0333 e. The first-order valence-corrected chi connectivity index (χ1v) is 7.77. The number of hydrogen-bond acceptors (Lipinski definition) is 3. The quantitative estimate of drug-likeness (QED) is 0.895. The minimum atomic E-state index is 0.130. The van der Waals surface area contributed by atoms with E-state index < -0.39 is 0 Å². The molecule has 0 aliphatic carbocycles. The summed E-state index contributed by atoms with van der Waals surface area (Å²) in [7, 11) is 4.47. The summed E-state index contributed by atoms with van der Waals surface area (Å²) in [5, 5.41) is 0. The normalized spacial score (nSPS) is 21.1. The second-order valence-electron chi connectivity index (χ2n) is 6.39. The predicted molar refractivity (Wildman–Crippen MR) is 85.7 cm³/mol. The van der Waals surface area contributed by atoms with Crippen molar-refractivity contribution in [1.82, 2.24) is 9.80 Å². The SMILES string of the molecule is CC(CN(C)C1CCN(C)CC1)C(N)c1ccccc1. The van der Waals surface area contributed by atoms with Crippen LogP contribution in [0.3, 0.4) is 0 Å². The highest BCUT2D eigenvalue weighted by atomic mass is 15.2. The molecule has 3 heteroatoms. The standard InChI is InChI=1S/C17H29N3/c1-14(17(18)15-7-5-4-6-8-15)13-20(3)16-9-11-19(2)12-10-16/h4-8,14,16-17H,9-13,18H2,1-3H3. The topological polar surface area (TPSA) is 32.5 Å². The van der Waals surface area contributed by atoms with Crippen molar-refractivity contribution in [1.29, 1.82) is 0 Å². The summed E-state index contributed by atoms with van der Waals surface area (Å²) in [5.74, 6) is 0.474. The second kappa shape index (κ2) is 7.21. The van der Waals surface area contributed by atoms with Gasteiger partial charge in [-0.2, -0.15) is 0 Å². The van der Waals surface area contributed by atoms with Gasteiger partial charge in [0.1, 0.15) is 0 Å². The van der Waals surface area contributed by atoms with Crippen LogP contribution in [0.15, 0.2) is 30.3 Å². The monoisotopic (exact) mass is 275 g/mol. The van der Waals surface area contributed by atoms with E-state index in [1.165, 1.54) is 31.5 Å². The fraction of sp³-hybridized carbons (Fsp3) is 0.647. The van der Waals surface area contributed by atoms with Crippen LogP contribution < -0.4 is 5.73 Å². The number of benzene rings is 1. The minimum absolute atomic E-state index is 0.130. The van der Waals surface area contributed by atoms with Gasteiger partial charge >= 0.3 is 0 Å². The van der Waals surface area contributed by atoms with Gasteiger partial charge in [0.25, 0.3) is 0 Å². The molecule has 2 atom stereocenters. The summed E-state index contributed by atoms with van der Waals surface area (Å²) in [6.45, 7) is 5.77. The Balaban J connectivity index is 1.86. The molecule has 0 aromatic heterocycles. The van der Waals surface area contributed by atoms with Gasteiger partial charge in [-0.25, -0.2) is 0 Å². The zero-order valence-electron chi connectivity index (χ0n) is 13.1. The smallest absolute Gasteiger partial charge is 0.0333 e. The molecule has 0 saturated carbocycles. The fourth-order valence-electron chi connectivity index (χ4n) is 3.16. The largest absolute Gasteiger partial charge is 0.324 e. The molecule has 1 aliphatic heterocycles. The number of hydrogen-bond donors (Lipinski definition) is 1. The molecule has 0 spiro atoms. The van der Waals surface area contributed by atoms with E-state index in [9.17, 15) is 0 Å². The molecule has 2 N–H and O–H groups in total. The summed E-state index contributed by atoms with van der Waals surface area (Å²) in [6, 6.07) is 11.3. The molecular formula is C17H29N3. The molecule has 2 unspecified atom stereocenters. The van der Waals surface area contributed by atoms with Crippen LogP contribution in [-0.2, 0) is 0 Å². The van der Waals surface area contributed by atoms with Crippen LogP contribution in [0.25, 0.3) is 0 Å². The maximum absolute atomic E-state index is 6.40. The van der Waals surface area contributed by atoms with Gasteiger partial charge in [-0.3, -0.25) is 0 Å². The lowest BCUT2D eigenvalue weighted by atomic mass is 9.94. The van der Waals surface area contributed by atoms with Crippen LogP contribution in [0, 0.1) is 5.92 Å². The minimum Gasteiger partial charge on any atom is -0.324 e. The molecule has 1 fully saturated rings. The lowest BCUT2D eigenvalue weighted by molar-refractivity contribution is 0.127. The van der Waals surface area contributed by atoms with E-state index in [-0.39, 0.29) is 6.04 Å². The van der Waals surface area contributed by atoms with E-state index in [4.69, 9.17) is 5.73 Å². The predicted octanol–water partition coefficient (Wildman–Crippen LogP) is 2.35. The summed E-state index contributed by atoms with van der Waals surface area (Å²) in [5.41, 5.74) is 7.65. The van der Waals surface area contributed by atoms with Crippen molar-refractivity contribution in [3.05, 3.63) is 35.9 Å². The third-order valence-electron chi connectivity index (χ3n) is 4.68. The number of nitrogens with two attached hydrogens (primary N) is 1. The Bertz CT molecular complexity index is 384. The van der Waals surface area contributed by atoms with Crippen LogP contribution in [-0.4, -0.2) is 49.6 Å². The van der Waals surface area contributed by atoms with Gasteiger partial charge in [-0.15, -0.1) is 0 Å². The van der Waals surface area contributed by atoms with Gasteiger partial charge in [0.05, 0.1) is 0 Å². The van der Waals surface area contributed by atoms with E-state index in [2.05, 4.69) is 55.1 Å². The molecule has 0 amide bonds. The maximum atomic E-state index is 6.40. The Morgan fingerprint density at radius 1 is 1.25 bits per heavy atom. The molecule has 1 saturated heterocycles. The Morgan fingerprint density at radius 2 is 1.85 bits per heavy atom. The molecule has 1 aromatic rings. The van der Waals surface area contributed by atoms with Gasteiger partial charge in [-0.05, 0) is 51.5 Å². The summed E-state index contributed by atoms with van der Waals surface area (Å²) >= 11 is 0. The molecule has 1 heterocycles.